The van der Waals surface area contributed by atoms with Crippen molar-refractivity contribution in [1.82, 2.24) is 0 Å². The van der Waals surface area contributed by atoms with E-state index in [1.54, 1.807) is 0 Å². The standard InChI is InChI=1S/C8H11N.C7H6O6S/c9-7-6-8-4-2-1-3-5-8;8-6-2-1-4(14(11,12)13)3-5(6)7(9)10/h1-5H,6-7,9H2;1-3,8H,(H,9,10)(H,11,12,13). The molecule has 124 valence electrons. The number of carboxylic acids is 1. The SMILES string of the molecule is O=C(O)c1cc(S(=O)(=O)O)ccc1[O-].[NH3+]CCc1ccccc1. The lowest BCUT2D eigenvalue weighted by Crippen LogP contribution is -2.51. The number of hydrogen-bond acceptors (Lipinski definition) is 4. The minimum atomic E-state index is -4.48. The summed E-state index contributed by atoms with van der Waals surface area (Å²) in [6.07, 6.45) is 1.10. The van der Waals surface area contributed by atoms with Gasteiger partial charge in [0.15, 0.2) is 0 Å². The second-order valence-electron chi connectivity index (χ2n) is 4.53. The zero-order chi connectivity index (χ0) is 17.5. The zero-order valence-electron chi connectivity index (χ0n) is 12.2. The Bertz CT molecular complexity index is 759. The minimum absolute atomic E-state index is 0.611. The lowest BCUT2D eigenvalue weighted by Gasteiger charge is -2.09. The number of quaternary nitrogens is 1. The first-order valence-corrected chi connectivity index (χ1v) is 8.04. The molecule has 0 atom stereocenters. The van der Waals surface area contributed by atoms with Gasteiger partial charge in [-0.15, -0.1) is 0 Å². The van der Waals surface area contributed by atoms with Gasteiger partial charge < -0.3 is 15.9 Å². The molecule has 2 aromatic carbocycles. The van der Waals surface area contributed by atoms with Gasteiger partial charge in [0.05, 0.1) is 17.0 Å². The summed E-state index contributed by atoms with van der Waals surface area (Å²) in [6.45, 7) is 0.990. The third-order valence-electron chi connectivity index (χ3n) is 2.79. The molecule has 0 unspecified atom stereocenters. The molecule has 7 nitrogen and oxygen atoms in total. The van der Waals surface area contributed by atoms with Crippen LogP contribution in [0, 0.1) is 0 Å². The lowest BCUT2D eigenvalue weighted by atomic mass is 10.2. The number of hydrogen-bond donors (Lipinski definition) is 3. The van der Waals surface area contributed by atoms with Crippen molar-refractivity contribution >= 4 is 16.1 Å². The highest BCUT2D eigenvalue weighted by atomic mass is 32.2. The van der Waals surface area contributed by atoms with Gasteiger partial charge in [0, 0.05) is 6.42 Å². The topological polar surface area (TPSA) is 142 Å². The highest BCUT2D eigenvalue weighted by Crippen LogP contribution is 2.18. The molecule has 0 aromatic heterocycles. The fraction of sp³-hybridized carbons (Fsp3) is 0.133. The van der Waals surface area contributed by atoms with Crippen LogP contribution < -0.4 is 10.8 Å². The first-order chi connectivity index (χ1) is 10.8. The van der Waals surface area contributed by atoms with Crippen LogP contribution in [0.15, 0.2) is 53.4 Å². The second kappa shape index (κ2) is 8.28. The van der Waals surface area contributed by atoms with Crippen LogP contribution >= 0.6 is 0 Å². The first-order valence-electron chi connectivity index (χ1n) is 6.60. The van der Waals surface area contributed by atoms with Crippen LogP contribution in [0.4, 0.5) is 0 Å². The van der Waals surface area contributed by atoms with E-state index in [-0.39, 0.29) is 0 Å². The van der Waals surface area contributed by atoms with Crippen LogP contribution in [0.25, 0.3) is 0 Å². The summed E-state index contributed by atoms with van der Waals surface area (Å²) in [4.78, 5) is 9.81. The first kappa shape index (κ1) is 18.6. The number of rotatable bonds is 4. The molecule has 5 N–H and O–H groups in total. The molecular weight excluding hydrogens is 322 g/mol. The number of carbonyl (C=O) groups is 1. The zero-order valence-corrected chi connectivity index (χ0v) is 13.0. The van der Waals surface area contributed by atoms with E-state index in [4.69, 9.17) is 9.66 Å². The summed E-state index contributed by atoms with van der Waals surface area (Å²) in [5.74, 6) is -2.36. The lowest BCUT2D eigenvalue weighted by molar-refractivity contribution is -0.366. The molecule has 2 rings (SSSR count). The van der Waals surface area contributed by atoms with Gasteiger partial charge in [0.25, 0.3) is 10.1 Å². The monoisotopic (exact) mass is 339 g/mol. The predicted molar refractivity (Wildman–Crippen MR) is 80.6 cm³/mol. The molecule has 0 amide bonds. The Balaban J connectivity index is 0.000000253. The van der Waals surface area contributed by atoms with Gasteiger partial charge in [-0.3, -0.25) is 4.55 Å². The summed E-state index contributed by atoms with van der Waals surface area (Å²) in [7, 11) is -4.48. The van der Waals surface area contributed by atoms with E-state index < -0.39 is 32.3 Å². The molecule has 0 radical (unpaired) electrons. The smallest absolute Gasteiger partial charge is 0.335 e. The average Bonchev–Trinajstić information content (AvgIpc) is 2.48. The van der Waals surface area contributed by atoms with E-state index in [2.05, 4.69) is 30.0 Å². The van der Waals surface area contributed by atoms with Crippen molar-refractivity contribution < 1.29 is 33.7 Å². The van der Waals surface area contributed by atoms with Crippen LogP contribution in [0.1, 0.15) is 15.9 Å². The van der Waals surface area contributed by atoms with Crippen LogP contribution in [0.2, 0.25) is 0 Å². The average molecular weight is 339 g/mol. The van der Waals surface area contributed by atoms with Crippen molar-refractivity contribution in [2.24, 2.45) is 0 Å². The van der Waals surface area contributed by atoms with Crippen molar-refractivity contribution in [3.8, 4) is 5.75 Å². The Labute approximate surface area is 133 Å². The fourth-order valence-electron chi connectivity index (χ4n) is 1.69. The van der Waals surface area contributed by atoms with E-state index in [1.807, 2.05) is 6.07 Å². The number of carboxylic acid groups (broad SMARTS) is 1. The molecule has 0 spiro atoms. The molecule has 8 heteroatoms. The second-order valence-corrected chi connectivity index (χ2v) is 5.95. The summed E-state index contributed by atoms with van der Waals surface area (Å²) < 4.78 is 29.7. The quantitative estimate of drug-likeness (QED) is 0.678. The molecular formula is C15H17NO6S. The van der Waals surface area contributed by atoms with Gasteiger partial charge in [0.2, 0.25) is 0 Å². The normalized spacial score (nSPS) is 10.5. The molecule has 23 heavy (non-hydrogen) atoms. The van der Waals surface area contributed by atoms with E-state index in [0.29, 0.717) is 6.07 Å². The molecule has 0 aliphatic carbocycles. The molecule has 0 heterocycles. The van der Waals surface area contributed by atoms with Gasteiger partial charge >= 0.3 is 5.97 Å². The summed E-state index contributed by atoms with van der Waals surface area (Å²) >= 11 is 0. The van der Waals surface area contributed by atoms with Crippen molar-refractivity contribution in [1.29, 1.82) is 0 Å². The Hall–Kier alpha value is -2.42. The maximum absolute atomic E-state index is 10.9. The van der Waals surface area contributed by atoms with E-state index in [1.165, 1.54) is 5.56 Å². The Morgan fingerprint density at radius 2 is 1.74 bits per heavy atom. The summed E-state index contributed by atoms with van der Waals surface area (Å²) in [5.41, 5.74) is 4.47. The Kier molecular flexibility index (Phi) is 6.70. The highest BCUT2D eigenvalue weighted by molar-refractivity contribution is 7.85. The van der Waals surface area contributed by atoms with Crippen LogP contribution in [0.3, 0.4) is 0 Å². The Morgan fingerprint density at radius 1 is 1.13 bits per heavy atom. The fourth-order valence-corrected chi connectivity index (χ4v) is 2.19. The third-order valence-corrected chi connectivity index (χ3v) is 3.64. The van der Waals surface area contributed by atoms with Gasteiger partial charge in [-0.25, -0.2) is 4.79 Å². The van der Waals surface area contributed by atoms with Crippen molar-refractivity contribution in [2.75, 3.05) is 6.54 Å². The number of benzene rings is 2. The number of aromatic carboxylic acids is 1. The van der Waals surface area contributed by atoms with E-state index in [9.17, 15) is 18.3 Å². The van der Waals surface area contributed by atoms with E-state index in [0.717, 1.165) is 25.1 Å². The highest BCUT2D eigenvalue weighted by Gasteiger charge is 2.12. The largest absolute Gasteiger partial charge is 0.872 e. The molecule has 0 saturated carbocycles. The van der Waals surface area contributed by atoms with Gasteiger partial charge in [0.1, 0.15) is 0 Å². The Morgan fingerprint density at radius 3 is 2.22 bits per heavy atom. The van der Waals surface area contributed by atoms with Crippen LogP contribution in [-0.2, 0) is 16.5 Å². The third kappa shape index (κ3) is 6.07. The van der Waals surface area contributed by atoms with Crippen LogP contribution in [-0.4, -0.2) is 30.6 Å². The molecule has 0 fully saturated rings. The molecule has 0 aliphatic heterocycles. The van der Waals surface area contributed by atoms with E-state index >= 15 is 0 Å². The van der Waals surface area contributed by atoms with Gasteiger partial charge in [-0.2, -0.15) is 8.42 Å². The molecule has 0 saturated heterocycles. The molecule has 0 aliphatic rings. The van der Waals surface area contributed by atoms with Crippen LogP contribution in [0.5, 0.6) is 5.75 Å². The predicted octanol–water partition coefficient (Wildman–Crippen LogP) is 0.176. The molecule has 0 bridgehead atoms. The molecule has 2 aromatic rings. The van der Waals surface area contributed by atoms with Crippen molar-refractivity contribution in [3.05, 3.63) is 59.7 Å². The summed E-state index contributed by atoms with van der Waals surface area (Å²) in [6, 6.07) is 12.6. The van der Waals surface area contributed by atoms with Gasteiger partial charge in [-0.1, -0.05) is 42.1 Å². The maximum Gasteiger partial charge on any atom is 0.335 e. The maximum atomic E-state index is 10.9. The minimum Gasteiger partial charge on any atom is -0.872 e. The van der Waals surface area contributed by atoms with Crippen molar-refractivity contribution in [2.45, 2.75) is 11.3 Å². The summed E-state index contributed by atoms with van der Waals surface area (Å²) in [5, 5.41) is 19.4. The van der Waals surface area contributed by atoms with Crippen molar-refractivity contribution in [3.63, 3.8) is 0 Å². The van der Waals surface area contributed by atoms with Gasteiger partial charge in [-0.05, 0) is 17.7 Å².